The lowest BCUT2D eigenvalue weighted by molar-refractivity contribution is 0.0605. The van der Waals surface area contributed by atoms with Gasteiger partial charge in [-0.3, -0.25) is 4.79 Å². The maximum absolute atomic E-state index is 12.6. The third-order valence-electron chi connectivity index (χ3n) is 4.89. The van der Waals surface area contributed by atoms with Gasteiger partial charge in [0.25, 0.3) is 5.56 Å². The van der Waals surface area contributed by atoms with Crippen molar-refractivity contribution in [2.75, 3.05) is 12.0 Å². The van der Waals surface area contributed by atoms with Gasteiger partial charge in [0.2, 0.25) is 0 Å². The molecule has 7 heteroatoms. The molecule has 0 saturated carbocycles. The molecule has 0 fully saturated rings. The van der Waals surface area contributed by atoms with Crippen molar-refractivity contribution in [2.45, 2.75) is 32.9 Å². The molecule has 2 aromatic heterocycles. The van der Waals surface area contributed by atoms with Crippen LogP contribution in [0.5, 0.6) is 0 Å². The van der Waals surface area contributed by atoms with E-state index in [1.54, 1.807) is 6.92 Å². The normalized spacial score (nSPS) is 16.1. The van der Waals surface area contributed by atoms with Gasteiger partial charge in [0.1, 0.15) is 15.5 Å². The fraction of sp³-hybridized carbons (Fsp3) is 0.316. The van der Waals surface area contributed by atoms with E-state index in [0.29, 0.717) is 39.1 Å². The lowest BCUT2D eigenvalue weighted by Gasteiger charge is -2.24. The summed E-state index contributed by atoms with van der Waals surface area (Å²) in [5, 5.41) is 0.467. The molecule has 26 heavy (non-hydrogen) atoms. The van der Waals surface area contributed by atoms with E-state index in [1.165, 1.54) is 29.7 Å². The molecule has 0 unspecified atom stereocenters. The summed E-state index contributed by atoms with van der Waals surface area (Å²) in [7, 11) is 1.33. The van der Waals surface area contributed by atoms with E-state index in [4.69, 9.17) is 4.74 Å². The van der Waals surface area contributed by atoms with Crippen LogP contribution in [0.25, 0.3) is 10.2 Å². The van der Waals surface area contributed by atoms with Gasteiger partial charge in [0.05, 0.1) is 19.0 Å². The van der Waals surface area contributed by atoms with E-state index in [9.17, 15) is 9.59 Å². The Bertz CT molecular complexity index is 1070. The smallest absolute Gasteiger partial charge is 0.348 e. The Morgan fingerprint density at radius 1 is 1.42 bits per heavy atom. The summed E-state index contributed by atoms with van der Waals surface area (Å²) in [4.78, 5) is 35.2. The molecule has 3 aromatic rings. The predicted octanol–water partition coefficient (Wildman–Crippen LogP) is 3.03. The Kier molecular flexibility index (Phi) is 4.03. The minimum atomic E-state index is -0.437. The van der Waals surface area contributed by atoms with Crippen LogP contribution in [0, 0.1) is 6.92 Å². The van der Waals surface area contributed by atoms with Crippen molar-refractivity contribution < 1.29 is 9.53 Å². The summed E-state index contributed by atoms with van der Waals surface area (Å²) in [6.45, 7) is 4.44. The summed E-state index contributed by atoms with van der Waals surface area (Å²) in [6.07, 6.45) is 0.979. The molecule has 3 heterocycles. The number of para-hydroxylation sites is 1. The second kappa shape index (κ2) is 6.25. The Hall–Kier alpha value is -2.67. The lowest BCUT2D eigenvalue weighted by atomic mass is 10.1. The fourth-order valence-corrected chi connectivity index (χ4v) is 4.70. The standard InChI is InChI=1S/C19H19N3O3S/c1-10-8-12-6-4-5-7-13(12)22(10)9-14-20-17(23)15-11(2)16(19(24)25-3)26-18(15)21-14/h4-7,10H,8-9H2,1-3H3,(H,20,21,23)/t10-/m1/s1. The molecule has 1 aromatic carbocycles. The number of esters is 1. The number of ether oxygens (including phenoxy) is 1. The monoisotopic (exact) mass is 369 g/mol. The zero-order valence-corrected chi connectivity index (χ0v) is 15.6. The molecule has 0 amide bonds. The number of fused-ring (bicyclic) bond motifs is 2. The highest BCUT2D eigenvalue weighted by molar-refractivity contribution is 7.20. The topological polar surface area (TPSA) is 75.3 Å². The summed E-state index contributed by atoms with van der Waals surface area (Å²) < 4.78 is 4.80. The first kappa shape index (κ1) is 16.8. The highest BCUT2D eigenvalue weighted by Crippen LogP contribution is 2.33. The number of anilines is 1. The average molecular weight is 369 g/mol. The van der Waals surface area contributed by atoms with Crippen molar-refractivity contribution in [3.8, 4) is 0 Å². The van der Waals surface area contributed by atoms with Crippen molar-refractivity contribution in [1.29, 1.82) is 0 Å². The Morgan fingerprint density at radius 2 is 2.19 bits per heavy atom. The minimum Gasteiger partial charge on any atom is -0.465 e. The van der Waals surface area contributed by atoms with E-state index < -0.39 is 5.97 Å². The van der Waals surface area contributed by atoms with Gasteiger partial charge in [-0.15, -0.1) is 11.3 Å². The van der Waals surface area contributed by atoms with Crippen molar-refractivity contribution in [3.05, 3.63) is 56.4 Å². The number of aromatic nitrogens is 2. The second-order valence-electron chi connectivity index (χ2n) is 6.55. The number of H-pyrrole nitrogens is 1. The van der Waals surface area contributed by atoms with E-state index in [-0.39, 0.29) is 5.56 Å². The van der Waals surface area contributed by atoms with Gasteiger partial charge in [-0.1, -0.05) is 18.2 Å². The SMILES string of the molecule is COC(=O)c1sc2nc(CN3c4ccccc4C[C@H]3C)[nH]c(=O)c2c1C. The number of methoxy groups -OCH3 is 1. The molecule has 0 radical (unpaired) electrons. The van der Waals surface area contributed by atoms with Crippen LogP contribution in [0.15, 0.2) is 29.1 Å². The Balaban J connectivity index is 1.74. The van der Waals surface area contributed by atoms with Crippen LogP contribution >= 0.6 is 11.3 Å². The molecule has 0 spiro atoms. The fourth-order valence-electron chi connectivity index (χ4n) is 3.58. The van der Waals surface area contributed by atoms with Crippen molar-refractivity contribution >= 4 is 33.2 Å². The van der Waals surface area contributed by atoms with E-state index in [1.807, 2.05) is 12.1 Å². The van der Waals surface area contributed by atoms with Crippen LogP contribution < -0.4 is 10.5 Å². The number of carbonyl (C=O) groups excluding carboxylic acids is 1. The van der Waals surface area contributed by atoms with Gasteiger partial charge < -0.3 is 14.6 Å². The molecule has 1 N–H and O–H groups in total. The quantitative estimate of drug-likeness (QED) is 0.718. The first-order chi connectivity index (χ1) is 12.5. The molecule has 1 aliphatic heterocycles. The average Bonchev–Trinajstić information content (AvgIpc) is 3.12. The molecule has 134 valence electrons. The third-order valence-corrected chi connectivity index (χ3v) is 6.05. The van der Waals surface area contributed by atoms with Gasteiger partial charge in [0, 0.05) is 11.7 Å². The molecular formula is C19H19N3O3S. The summed E-state index contributed by atoms with van der Waals surface area (Å²) in [5.74, 6) is 0.164. The zero-order chi connectivity index (χ0) is 18.4. The summed E-state index contributed by atoms with van der Waals surface area (Å²) >= 11 is 1.21. The first-order valence-corrected chi connectivity index (χ1v) is 9.26. The molecule has 4 rings (SSSR count). The molecule has 0 aliphatic carbocycles. The van der Waals surface area contributed by atoms with E-state index in [0.717, 1.165) is 6.42 Å². The van der Waals surface area contributed by atoms with Gasteiger partial charge in [-0.2, -0.15) is 0 Å². The highest BCUT2D eigenvalue weighted by Gasteiger charge is 2.27. The number of nitrogens with one attached hydrogen (secondary N) is 1. The maximum Gasteiger partial charge on any atom is 0.348 e. The zero-order valence-electron chi connectivity index (χ0n) is 14.8. The van der Waals surface area contributed by atoms with Crippen LogP contribution in [-0.4, -0.2) is 29.1 Å². The number of hydrogen-bond acceptors (Lipinski definition) is 6. The van der Waals surface area contributed by atoms with Gasteiger partial charge in [-0.25, -0.2) is 9.78 Å². The maximum atomic E-state index is 12.6. The molecule has 1 atom stereocenters. The first-order valence-electron chi connectivity index (χ1n) is 8.44. The van der Waals surface area contributed by atoms with Crippen molar-refractivity contribution in [2.24, 2.45) is 0 Å². The second-order valence-corrected chi connectivity index (χ2v) is 7.55. The van der Waals surface area contributed by atoms with Gasteiger partial charge in [-0.05, 0) is 37.5 Å². The van der Waals surface area contributed by atoms with Crippen LogP contribution in [0.2, 0.25) is 0 Å². The van der Waals surface area contributed by atoms with Crippen molar-refractivity contribution in [3.63, 3.8) is 0 Å². The number of hydrogen-bond donors (Lipinski definition) is 1. The van der Waals surface area contributed by atoms with Crippen LogP contribution in [0.3, 0.4) is 0 Å². The molecule has 6 nitrogen and oxygen atoms in total. The Morgan fingerprint density at radius 3 is 2.96 bits per heavy atom. The highest BCUT2D eigenvalue weighted by atomic mass is 32.1. The van der Waals surface area contributed by atoms with Gasteiger partial charge in [0.15, 0.2) is 0 Å². The largest absolute Gasteiger partial charge is 0.465 e. The minimum absolute atomic E-state index is 0.214. The number of carbonyl (C=O) groups is 1. The van der Waals surface area contributed by atoms with Crippen molar-refractivity contribution in [1.82, 2.24) is 9.97 Å². The number of aromatic amines is 1. The van der Waals surface area contributed by atoms with Crippen LogP contribution in [-0.2, 0) is 17.7 Å². The summed E-state index contributed by atoms with van der Waals surface area (Å²) in [6, 6.07) is 8.64. The number of thiophene rings is 1. The number of aryl methyl sites for hydroxylation is 1. The Labute approximate surface area is 154 Å². The van der Waals surface area contributed by atoms with Crippen LogP contribution in [0.4, 0.5) is 5.69 Å². The predicted molar refractivity (Wildman–Crippen MR) is 102 cm³/mol. The number of rotatable bonds is 3. The third kappa shape index (κ3) is 2.59. The lowest BCUT2D eigenvalue weighted by Crippen LogP contribution is -2.30. The van der Waals surface area contributed by atoms with E-state index in [2.05, 4.69) is 33.9 Å². The van der Waals surface area contributed by atoms with Crippen LogP contribution in [0.1, 0.15) is 33.5 Å². The number of benzene rings is 1. The van der Waals surface area contributed by atoms with Gasteiger partial charge >= 0.3 is 5.97 Å². The summed E-state index contributed by atoms with van der Waals surface area (Å²) in [5.41, 5.74) is 2.90. The van der Waals surface area contributed by atoms with E-state index >= 15 is 0 Å². The number of nitrogens with zero attached hydrogens (tertiary/aromatic N) is 2. The molecular weight excluding hydrogens is 350 g/mol. The molecule has 1 aliphatic rings. The molecule has 0 bridgehead atoms. The molecule has 0 saturated heterocycles.